The number of carbonyl (C=O) groups is 1. The molecule has 0 spiro atoms. The number of carbonyl (C=O) groups excluding carboxylic acids is 1. The first kappa shape index (κ1) is 18.7. The van der Waals surface area contributed by atoms with Crippen molar-refractivity contribution in [2.24, 2.45) is 0 Å². The molecular weight excluding hydrogens is 358 g/mol. The Kier molecular flexibility index (Phi) is 5.25. The van der Waals surface area contributed by atoms with E-state index in [-0.39, 0.29) is 5.91 Å². The lowest BCUT2D eigenvalue weighted by atomic mass is 10.1. The number of amides is 1. The van der Waals surface area contributed by atoms with Crippen LogP contribution in [0.25, 0.3) is 11.6 Å². The van der Waals surface area contributed by atoms with E-state index in [1.807, 2.05) is 74.8 Å². The Bertz CT molecular complexity index is 1070. The van der Waals surface area contributed by atoms with Gasteiger partial charge in [-0.2, -0.15) is 0 Å². The Morgan fingerprint density at radius 3 is 2.45 bits per heavy atom. The van der Waals surface area contributed by atoms with Gasteiger partial charge in [-0.25, -0.2) is 4.98 Å². The summed E-state index contributed by atoms with van der Waals surface area (Å²) in [6.45, 7) is 0.511. The summed E-state index contributed by atoms with van der Waals surface area (Å²) < 4.78 is 0. The molecule has 0 fully saturated rings. The lowest BCUT2D eigenvalue weighted by Gasteiger charge is -2.15. The third-order valence-corrected chi connectivity index (χ3v) is 4.95. The van der Waals surface area contributed by atoms with Crippen LogP contribution in [-0.2, 0) is 11.3 Å². The smallest absolute Gasteiger partial charge is 0.260 e. The molecular formula is C25H23N3O. The van der Waals surface area contributed by atoms with Crippen molar-refractivity contribution in [3.05, 3.63) is 102 Å². The van der Waals surface area contributed by atoms with Crippen LogP contribution in [0.3, 0.4) is 0 Å². The summed E-state index contributed by atoms with van der Waals surface area (Å²) >= 11 is 0. The minimum absolute atomic E-state index is 0.0184. The maximum atomic E-state index is 13.1. The molecule has 0 unspecified atom stereocenters. The zero-order valence-corrected chi connectivity index (χ0v) is 16.6. The number of aromatic nitrogens is 1. The fourth-order valence-corrected chi connectivity index (χ4v) is 3.39. The summed E-state index contributed by atoms with van der Waals surface area (Å²) in [6.07, 6.45) is 7.55. The van der Waals surface area contributed by atoms with Gasteiger partial charge in [0.25, 0.3) is 5.91 Å². The molecule has 0 bridgehead atoms. The molecule has 4 heteroatoms. The molecule has 0 aliphatic carbocycles. The van der Waals surface area contributed by atoms with Crippen molar-refractivity contribution in [3.63, 3.8) is 0 Å². The minimum atomic E-state index is -0.0184. The zero-order valence-electron chi connectivity index (χ0n) is 16.6. The van der Waals surface area contributed by atoms with Crippen LogP contribution in [0.15, 0.2) is 85.1 Å². The SMILES string of the molecule is CN(C)c1ccc(/C=C/C=C2\C(=O)N(Cc3ccccc3)c3ncccc32)cc1. The molecule has 1 aromatic heterocycles. The molecule has 0 radical (unpaired) electrons. The van der Waals surface area contributed by atoms with E-state index in [0.29, 0.717) is 12.1 Å². The van der Waals surface area contributed by atoms with Gasteiger partial charge in [0.05, 0.1) is 12.1 Å². The Morgan fingerprint density at radius 2 is 1.72 bits per heavy atom. The van der Waals surface area contributed by atoms with E-state index in [2.05, 4.69) is 34.1 Å². The van der Waals surface area contributed by atoms with Gasteiger partial charge in [-0.05, 0) is 41.5 Å². The highest BCUT2D eigenvalue weighted by atomic mass is 16.2. The van der Waals surface area contributed by atoms with E-state index in [4.69, 9.17) is 0 Å². The van der Waals surface area contributed by atoms with Crippen molar-refractivity contribution in [2.45, 2.75) is 6.54 Å². The van der Waals surface area contributed by atoms with Gasteiger partial charge in [-0.3, -0.25) is 9.69 Å². The number of fused-ring (bicyclic) bond motifs is 1. The molecule has 2 aromatic carbocycles. The van der Waals surface area contributed by atoms with Crippen molar-refractivity contribution in [2.75, 3.05) is 23.9 Å². The Hall–Kier alpha value is -3.66. The lowest BCUT2D eigenvalue weighted by Crippen LogP contribution is -2.26. The number of hydrogen-bond acceptors (Lipinski definition) is 3. The number of hydrogen-bond donors (Lipinski definition) is 0. The van der Waals surface area contributed by atoms with Gasteiger partial charge in [0, 0.05) is 31.5 Å². The summed E-state index contributed by atoms with van der Waals surface area (Å²) in [4.78, 5) is 21.4. The molecule has 4 rings (SSSR count). The number of benzene rings is 2. The maximum absolute atomic E-state index is 13.1. The molecule has 1 aliphatic rings. The second kappa shape index (κ2) is 8.15. The summed E-state index contributed by atoms with van der Waals surface area (Å²) in [7, 11) is 4.04. The van der Waals surface area contributed by atoms with Crippen molar-refractivity contribution < 1.29 is 4.79 Å². The number of nitrogens with zero attached hydrogens (tertiary/aromatic N) is 3. The molecule has 1 aliphatic heterocycles. The first-order chi connectivity index (χ1) is 14.1. The van der Waals surface area contributed by atoms with Gasteiger partial charge in [0.2, 0.25) is 0 Å². The van der Waals surface area contributed by atoms with E-state index in [9.17, 15) is 4.79 Å². The van der Waals surface area contributed by atoms with E-state index < -0.39 is 0 Å². The predicted octanol–water partition coefficient (Wildman–Crippen LogP) is 4.79. The predicted molar refractivity (Wildman–Crippen MR) is 120 cm³/mol. The fourth-order valence-electron chi connectivity index (χ4n) is 3.39. The van der Waals surface area contributed by atoms with Crippen LogP contribution in [0.2, 0.25) is 0 Å². The van der Waals surface area contributed by atoms with Crippen LogP contribution in [-0.4, -0.2) is 25.0 Å². The van der Waals surface area contributed by atoms with Crippen molar-refractivity contribution in [3.8, 4) is 0 Å². The topological polar surface area (TPSA) is 36.4 Å². The molecule has 0 atom stereocenters. The average Bonchev–Trinajstić information content (AvgIpc) is 3.01. The molecule has 0 N–H and O–H groups in total. The molecule has 2 heterocycles. The van der Waals surface area contributed by atoms with Crippen LogP contribution in [0.1, 0.15) is 16.7 Å². The Balaban J connectivity index is 1.59. The van der Waals surface area contributed by atoms with Crippen LogP contribution in [0.4, 0.5) is 11.5 Å². The summed E-state index contributed by atoms with van der Waals surface area (Å²) in [5.41, 5.74) is 4.87. The summed E-state index contributed by atoms with van der Waals surface area (Å²) in [6, 6.07) is 22.1. The van der Waals surface area contributed by atoms with E-state index >= 15 is 0 Å². The van der Waals surface area contributed by atoms with Crippen molar-refractivity contribution >= 4 is 29.1 Å². The first-order valence-electron chi connectivity index (χ1n) is 9.60. The van der Waals surface area contributed by atoms with Crippen LogP contribution in [0, 0.1) is 0 Å². The lowest BCUT2D eigenvalue weighted by molar-refractivity contribution is -0.113. The average molecular weight is 381 g/mol. The number of allylic oxidation sites excluding steroid dienone is 2. The molecule has 144 valence electrons. The highest BCUT2D eigenvalue weighted by Crippen LogP contribution is 2.35. The first-order valence-corrected chi connectivity index (χ1v) is 9.60. The van der Waals surface area contributed by atoms with Gasteiger partial charge in [0.15, 0.2) is 0 Å². The molecule has 1 amide bonds. The Labute approximate surface area is 171 Å². The quantitative estimate of drug-likeness (QED) is 0.596. The van der Waals surface area contributed by atoms with Gasteiger partial charge in [-0.15, -0.1) is 0 Å². The van der Waals surface area contributed by atoms with Gasteiger partial charge >= 0.3 is 0 Å². The molecule has 29 heavy (non-hydrogen) atoms. The molecule has 4 nitrogen and oxygen atoms in total. The Morgan fingerprint density at radius 1 is 0.966 bits per heavy atom. The maximum Gasteiger partial charge on any atom is 0.260 e. The number of anilines is 2. The minimum Gasteiger partial charge on any atom is -0.378 e. The largest absolute Gasteiger partial charge is 0.378 e. The second-order valence-corrected chi connectivity index (χ2v) is 7.18. The summed E-state index contributed by atoms with van der Waals surface area (Å²) in [5.74, 6) is 0.700. The third-order valence-electron chi connectivity index (χ3n) is 4.95. The van der Waals surface area contributed by atoms with E-state index in [1.165, 1.54) is 0 Å². The number of pyridine rings is 1. The summed E-state index contributed by atoms with van der Waals surface area (Å²) in [5, 5.41) is 0. The highest BCUT2D eigenvalue weighted by Gasteiger charge is 2.32. The molecule has 0 saturated carbocycles. The third kappa shape index (κ3) is 3.97. The van der Waals surface area contributed by atoms with Crippen LogP contribution >= 0.6 is 0 Å². The van der Waals surface area contributed by atoms with Gasteiger partial charge in [0.1, 0.15) is 5.82 Å². The standard InChI is InChI=1S/C25H23N3O/c1-27(2)21-15-13-19(14-16-21)10-6-11-23-22-12-7-17-26-24(22)28(25(23)29)18-20-8-4-3-5-9-20/h3-17H,18H2,1-2H3/b10-6+,23-11-. The van der Waals surface area contributed by atoms with Crippen molar-refractivity contribution in [1.82, 2.24) is 4.98 Å². The zero-order chi connectivity index (χ0) is 20.2. The van der Waals surface area contributed by atoms with Crippen molar-refractivity contribution in [1.29, 1.82) is 0 Å². The van der Waals surface area contributed by atoms with Crippen LogP contribution in [0.5, 0.6) is 0 Å². The monoisotopic (exact) mass is 381 g/mol. The second-order valence-electron chi connectivity index (χ2n) is 7.18. The normalized spacial score (nSPS) is 14.6. The van der Waals surface area contributed by atoms with Crippen LogP contribution < -0.4 is 9.80 Å². The van der Waals surface area contributed by atoms with Gasteiger partial charge in [-0.1, -0.05) is 54.6 Å². The highest BCUT2D eigenvalue weighted by molar-refractivity contribution is 6.32. The number of rotatable bonds is 5. The van der Waals surface area contributed by atoms with E-state index in [1.54, 1.807) is 11.1 Å². The molecule has 0 saturated heterocycles. The molecule has 3 aromatic rings. The van der Waals surface area contributed by atoms with E-state index in [0.717, 1.165) is 28.2 Å². The fraction of sp³-hybridized carbons (Fsp3) is 0.120. The van der Waals surface area contributed by atoms with Gasteiger partial charge < -0.3 is 4.90 Å².